The molecule has 5 nitrogen and oxygen atoms in total. The average molecular weight is 311 g/mol. The minimum Gasteiger partial charge on any atom is -0.412 e. The van der Waals surface area contributed by atoms with Gasteiger partial charge >= 0.3 is 11.8 Å². The molecule has 2 aromatic carbocycles. The molecule has 0 aliphatic rings. The highest BCUT2D eigenvalue weighted by Gasteiger charge is 2.18. The first-order chi connectivity index (χ1) is 11.0. The molecular weight excluding hydrogens is 297 g/mol. The number of nitrogens with one attached hydrogen (secondary N) is 1. The molecule has 3 rings (SSSR count). The van der Waals surface area contributed by atoms with Gasteiger partial charge in [-0.1, -0.05) is 29.8 Å². The van der Waals surface area contributed by atoms with Gasteiger partial charge in [0.15, 0.2) is 0 Å². The third kappa shape index (κ3) is 3.11. The Morgan fingerprint density at radius 3 is 2.65 bits per heavy atom. The number of halogens is 1. The fraction of sp³-hybridized carbons (Fsp3) is 0.118. The summed E-state index contributed by atoms with van der Waals surface area (Å²) in [5.74, 6) is -1.28. The second kappa shape index (κ2) is 6.00. The highest BCUT2D eigenvalue weighted by Crippen LogP contribution is 2.22. The molecule has 116 valence electrons. The van der Waals surface area contributed by atoms with Crippen LogP contribution in [0.5, 0.6) is 0 Å². The van der Waals surface area contributed by atoms with Crippen LogP contribution in [0.15, 0.2) is 46.9 Å². The van der Waals surface area contributed by atoms with Gasteiger partial charge in [0, 0.05) is 5.69 Å². The molecule has 0 aliphatic carbocycles. The van der Waals surface area contributed by atoms with Gasteiger partial charge in [0.2, 0.25) is 0 Å². The van der Waals surface area contributed by atoms with Crippen LogP contribution in [0.2, 0.25) is 0 Å². The van der Waals surface area contributed by atoms with Crippen molar-refractivity contribution in [3.63, 3.8) is 0 Å². The van der Waals surface area contributed by atoms with Crippen molar-refractivity contribution in [2.45, 2.75) is 13.8 Å². The molecule has 0 aliphatic heterocycles. The highest BCUT2D eigenvalue weighted by molar-refractivity contribution is 6.01. The smallest absolute Gasteiger partial charge is 0.313 e. The summed E-state index contributed by atoms with van der Waals surface area (Å²) in [7, 11) is 0. The number of benzene rings is 2. The largest absolute Gasteiger partial charge is 0.412 e. The molecule has 0 bridgehead atoms. The van der Waals surface area contributed by atoms with Crippen molar-refractivity contribution in [2.75, 3.05) is 5.32 Å². The van der Waals surface area contributed by atoms with Gasteiger partial charge in [-0.2, -0.15) is 0 Å². The van der Waals surface area contributed by atoms with E-state index in [1.165, 1.54) is 12.1 Å². The lowest BCUT2D eigenvalue weighted by molar-refractivity contribution is 0.0990. The summed E-state index contributed by atoms with van der Waals surface area (Å²) in [5, 5.41) is 10.1. The van der Waals surface area contributed by atoms with Crippen LogP contribution >= 0.6 is 0 Å². The Morgan fingerprint density at radius 1 is 1.13 bits per heavy atom. The van der Waals surface area contributed by atoms with E-state index < -0.39 is 11.7 Å². The second-order valence-corrected chi connectivity index (χ2v) is 5.16. The van der Waals surface area contributed by atoms with Crippen molar-refractivity contribution in [3.8, 4) is 11.5 Å². The van der Waals surface area contributed by atoms with E-state index in [0.717, 1.165) is 11.1 Å². The molecule has 0 saturated carbocycles. The van der Waals surface area contributed by atoms with E-state index in [4.69, 9.17) is 4.42 Å². The fourth-order valence-electron chi connectivity index (χ4n) is 2.19. The van der Waals surface area contributed by atoms with E-state index in [9.17, 15) is 9.18 Å². The molecule has 0 atom stereocenters. The Balaban J connectivity index is 1.83. The van der Waals surface area contributed by atoms with Crippen LogP contribution in [-0.2, 0) is 0 Å². The van der Waals surface area contributed by atoms with Crippen molar-refractivity contribution >= 4 is 11.6 Å². The van der Waals surface area contributed by atoms with Crippen LogP contribution in [-0.4, -0.2) is 16.1 Å². The third-order valence-corrected chi connectivity index (χ3v) is 3.35. The first kappa shape index (κ1) is 14.9. The summed E-state index contributed by atoms with van der Waals surface area (Å²) in [6, 6.07) is 11.6. The van der Waals surface area contributed by atoms with Crippen molar-refractivity contribution in [3.05, 3.63) is 65.3 Å². The van der Waals surface area contributed by atoms with Gasteiger partial charge in [-0.15, -0.1) is 10.2 Å². The summed E-state index contributed by atoms with van der Waals surface area (Å²) in [4.78, 5) is 12.2. The Kier molecular flexibility index (Phi) is 3.89. The number of nitrogens with zero attached hydrogens (tertiary/aromatic N) is 2. The lowest BCUT2D eigenvalue weighted by Gasteiger charge is -2.06. The van der Waals surface area contributed by atoms with Gasteiger partial charge in [-0.05, 0) is 37.6 Å². The Morgan fingerprint density at radius 2 is 1.91 bits per heavy atom. The normalized spacial score (nSPS) is 10.6. The maximum Gasteiger partial charge on any atom is 0.313 e. The minimum absolute atomic E-state index is 0.0334. The van der Waals surface area contributed by atoms with Gasteiger partial charge in [0.25, 0.3) is 5.89 Å². The summed E-state index contributed by atoms with van der Waals surface area (Å²) in [6.45, 7) is 3.86. The van der Waals surface area contributed by atoms with Crippen LogP contribution in [0.25, 0.3) is 11.5 Å². The standard InChI is InChI=1S/C17H14FN3O2/c1-10-7-8-14(11(2)9-10)19-15(22)17-21-20-16(23-17)12-5-3-4-6-13(12)18/h3-9H,1-2H3,(H,19,22). The minimum atomic E-state index is -0.535. The molecule has 0 unspecified atom stereocenters. The lowest BCUT2D eigenvalue weighted by atomic mass is 10.1. The summed E-state index contributed by atoms with van der Waals surface area (Å²) in [5.41, 5.74) is 2.84. The van der Waals surface area contributed by atoms with Gasteiger partial charge in [0.1, 0.15) is 5.82 Å². The zero-order valence-corrected chi connectivity index (χ0v) is 12.6. The molecule has 3 aromatic rings. The molecule has 1 N–H and O–H groups in total. The Hall–Kier alpha value is -3.02. The molecule has 0 fully saturated rings. The number of carbonyl (C=O) groups excluding carboxylic acids is 1. The van der Waals surface area contributed by atoms with E-state index >= 15 is 0 Å². The topological polar surface area (TPSA) is 68.0 Å². The maximum absolute atomic E-state index is 13.7. The number of carbonyl (C=O) groups is 1. The van der Waals surface area contributed by atoms with E-state index in [2.05, 4.69) is 15.5 Å². The Bertz CT molecular complexity index is 874. The van der Waals surface area contributed by atoms with Crippen LogP contribution in [0.4, 0.5) is 10.1 Å². The van der Waals surface area contributed by atoms with E-state index in [1.54, 1.807) is 18.2 Å². The summed E-state index contributed by atoms with van der Waals surface area (Å²) < 4.78 is 19.0. The van der Waals surface area contributed by atoms with Gasteiger partial charge < -0.3 is 9.73 Å². The molecule has 0 saturated heterocycles. The first-order valence-electron chi connectivity index (χ1n) is 7.01. The molecule has 1 aromatic heterocycles. The van der Waals surface area contributed by atoms with Crippen molar-refractivity contribution in [2.24, 2.45) is 0 Å². The zero-order valence-electron chi connectivity index (χ0n) is 12.6. The number of anilines is 1. The predicted octanol–water partition coefficient (Wildman–Crippen LogP) is 3.74. The fourth-order valence-corrected chi connectivity index (χ4v) is 2.19. The molecule has 23 heavy (non-hydrogen) atoms. The van der Waals surface area contributed by atoms with Crippen molar-refractivity contribution < 1.29 is 13.6 Å². The molecule has 1 amide bonds. The van der Waals surface area contributed by atoms with Crippen molar-refractivity contribution in [1.82, 2.24) is 10.2 Å². The molecular formula is C17H14FN3O2. The first-order valence-corrected chi connectivity index (χ1v) is 7.01. The monoisotopic (exact) mass is 311 g/mol. The quantitative estimate of drug-likeness (QED) is 0.800. The number of aryl methyl sites for hydroxylation is 2. The van der Waals surface area contributed by atoms with E-state index in [0.29, 0.717) is 5.69 Å². The number of aromatic nitrogens is 2. The molecule has 1 heterocycles. The van der Waals surface area contributed by atoms with Crippen molar-refractivity contribution in [1.29, 1.82) is 0 Å². The molecule has 0 spiro atoms. The number of hydrogen-bond acceptors (Lipinski definition) is 4. The Labute approximate surface area is 132 Å². The van der Waals surface area contributed by atoms with Crippen LogP contribution in [0.3, 0.4) is 0 Å². The zero-order chi connectivity index (χ0) is 16.4. The number of hydrogen-bond donors (Lipinski definition) is 1. The maximum atomic E-state index is 13.7. The van der Waals surface area contributed by atoms with Crippen LogP contribution in [0.1, 0.15) is 21.8 Å². The number of rotatable bonds is 3. The third-order valence-electron chi connectivity index (χ3n) is 3.35. The SMILES string of the molecule is Cc1ccc(NC(=O)c2nnc(-c3ccccc3F)o2)c(C)c1. The average Bonchev–Trinajstić information content (AvgIpc) is 3.00. The van der Waals surface area contributed by atoms with E-state index in [1.807, 2.05) is 26.0 Å². The lowest BCUT2D eigenvalue weighted by Crippen LogP contribution is -2.13. The van der Waals surface area contributed by atoms with Gasteiger partial charge in [-0.25, -0.2) is 4.39 Å². The molecule has 6 heteroatoms. The van der Waals surface area contributed by atoms with Gasteiger partial charge in [0.05, 0.1) is 5.56 Å². The van der Waals surface area contributed by atoms with E-state index in [-0.39, 0.29) is 17.3 Å². The second-order valence-electron chi connectivity index (χ2n) is 5.16. The van der Waals surface area contributed by atoms with Crippen LogP contribution < -0.4 is 5.32 Å². The summed E-state index contributed by atoms with van der Waals surface area (Å²) >= 11 is 0. The molecule has 0 radical (unpaired) electrons. The highest BCUT2D eigenvalue weighted by atomic mass is 19.1. The summed E-state index contributed by atoms with van der Waals surface area (Å²) in [6.07, 6.45) is 0. The van der Waals surface area contributed by atoms with Crippen LogP contribution in [0, 0.1) is 19.7 Å². The predicted molar refractivity (Wildman–Crippen MR) is 83.6 cm³/mol. The van der Waals surface area contributed by atoms with Gasteiger partial charge in [-0.3, -0.25) is 4.79 Å². The number of amides is 1.